The topological polar surface area (TPSA) is 83.0 Å². The molecule has 3 aromatic rings. The summed E-state index contributed by atoms with van der Waals surface area (Å²) in [7, 11) is 0. The molecule has 7 heteroatoms. The molecule has 0 saturated heterocycles. The zero-order valence-corrected chi connectivity index (χ0v) is 17.0. The van der Waals surface area contributed by atoms with Gasteiger partial charge in [-0.3, -0.25) is 9.78 Å². The quantitative estimate of drug-likeness (QED) is 0.610. The molecular weight excluding hydrogens is 364 g/mol. The second kappa shape index (κ2) is 9.64. The molecule has 0 saturated carbocycles. The van der Waals surface area contributed by atoms with Gasteiger partial charge >= 0.3 is 0 Å². The van der Waals surface area contributed by atoms with Crippen molar-refractivity contribution in [3.05, 3.63) is 71.9 Å². The van der Waals surface area contributed by atoms with Crippen LogP contribution < -0.4 is 15.5 Å². The zero-order valence-electron chi connectivity index (χ0n) is 17.0. The summed E-state index contributed by atoms with van der Waals surface area (Å²) in [6.45, 7) is 8.40. The fourth-order valence-corrected chi connectivity index (χ4v) is 3.01. The number of rotatable bonds is 8. The predicted molar refractivity (Wildman–Crippen MR) is 115 cm³/mol. The minimum Gasteiger partial charge on any atom is -0.372 e. The van der Waals surface area contributed by atoms with Crippen molar-refractivity contribution in [3.63, 3.8) is 0 Å². The summed E-state index contributed by atoms with van der Waals surface area (Å²) in [6, 6.07) is 13.5. The molecule has 150 valence electrons. The molecular formula is C22H26N6O. The van der Waals surface area contributed by atoms with Gasteiger partial charge in [-0.1, -0.05) is 0 Å². The maximum Gasteiger partial charge on any atom is 0.270 e. The van der Waals surface area contributed by atoms with Crippen LogP contribution in [0.3, 0.4) is 0 Å². The molecule has 2 aromatic heterocycles. The number of hydrogen-bond acceptors (Lipinski definition) is 6. The van der Waals surface area contributed by atoms with Crippen molar-refractivity contribution in [2.45, 2.75) is 27.3 Å². The lowest BCUT2D eigenvalue weighted by Crippen LogP contribution is -2.24. The summed E-state index contributed by atoms with van der Waals surface area (Å²) in [5, 5.41) is 6.13. The number of nitrogens with one attached hydrogen (secondary N) is 2. The molecule has 0 aliphatic rings. The summed E-state index contributed by atoms with van der Waals surface area (Å²) < 4.78 is 0. The Morgan fingerprint density at radius 1 is 1.00 bits per heavy atom. The van der Waals surface area contributed by atoms with E-state index in [2.05, 4.69) is 56.5 Å². The molecule has 1 amide bonds. The number of hydrogen-bond donors (Lipinski definition) is 2. The van der Waals surface area contributed by atoms with Gasteiger partial charge in [-0.15, -0.1) is 0 Å². The molecule has 2 N–H and O–H groups in total. The van der Waals surface area contributed by atoms with Crippen molar-refractivity contribution >= 4 is 23.1 Å². The van der Waals surface area contributed by atoms with Gasteiger partial charge in [0.05, 0.1) is 0 Å². The smallest absolute Gasteiger partial charge is 0.270 e. The maximum atomic E-state index is 12.5. The summed E-state index contributed by atoms with van der Waals surface area (Å²) >= 11 is 0. The third kappa shape index (κ3) is 5.51. The van der Waals surface area contributed by atoms with E-state index in [9.17, 15) is 4.79 Å². The van der Waals surface area contributed by atoms with E-state index in [1.807, 2.05) is 24.3 Å². The largest absolute Gasteiger partial charge is 0.372 e. The first-order valence-corrected chi connectivity index (χ1v) is 9.74. The Bertz CT molecular complexity index is 939. The average Bonchev–Trinajstić information content (AvgIpc) is 2.74. The Kier molecular flexibility index (Phi) is 6.73. The molecule has 1 aromatic carbocycles. The van der Waals surface area contributed by atoms with E-state index >= 15 is 0 Å². The van der Waals surface area contributed by atoms with E-state index in [1.165, 1.54) is 5.69 Å². The molecule has 0 radical (unpaired) electrons. The lowest BCUT2D eigenvalue weighted by molar-refractivity contribution is 0.0945. The van der Waals surface area contributed by atoms with Crippen molar-refractivity contribution in [2.24, 2.45) is 0 Å². The maximum absolute atomic E-state index is 12.5. The van der Waals surface area contributed by atoms with Crippen LogP contribution in [0.15, 0.2) is 54.9 Å². The molecule has 0 unspecified atom stereocenters. The van der Waals surface area contributed by atoms with E-state index in [-0.39, 0.29) is 5.91 Å². The summed E-state index contributed by atoms with van der Waals surface area (Å²) in [5.41, 5.74) is 3.39. The van der Waals surface area contributed by atoms with Crippen molar-refractivity contribution in [1.82, 2.24) is 20.3 Å². The van der Waals surface area contributed by atoms with Gasteiger partial charge in [-0.2, -0.15) is 0 Å². The van der Waals surface area contributed by atoms with Gasteiger partial charge in [0, 0.05) is 49.5 Å². The highest BCUT2D eigenvalue weighted by atomic mass is 16.1. The van der Waals surface area contributed by atoms with Crippen LogP contribution in [0.1, 0.15) is 35.7 Å². The van der Waals surface area contributed by atoms with Crippen LogP contribution in [0.25, 0.3) is 0 Å². The Labute approximate surface area is 171 Å². The number of benzene rings is 1. The van der Waals surface area contributed by atoms with E-state index < -0.39 is 0 Å². The minimum atomic E-state index is -0.243. The van der Waals surface area contributed by atoms with Gasteiger partial charge in [-0.25, -0.2) is 9.97 Å². The Morgan fingerprint density at radius 3 is 2.34 bits per heavy atom. The monoisotopic (exact) mass is 390 g/mol. The number of pyridine rings is 1. The van der Waals surface area contributed by atoms with Gasteiger partial charge in [0.25, 0.3) is 5.91 Å². The minimum absolute atomic E-state index is 0.243. The summed E-state index contributed by atoms with van der Waals surface area (Å²) in [6.07, 6.45) is 3.40. The second-order valence-electron chi connectivity index (χ2n) is 6.57. The van der Waals surface area contributed by atoms with Crippen LogP contribution >= 0.6 is 0 Å². The molecule has 7 nitrogen and oxygen atoms in total. The number of aromatic nitrogens is 3. The first-order chi connectivity index (χ1) is 14.1. The first kappa shape index (κ1) is 20.3. The second-order valence-corrected chi connectivity index (χ2v) is 6.57. The standard InChI is InChI=1S/C22H26N6O/c1-4-28(5-2)19-8-6-18(7-9-19)27-21-14-20(25-16(3)26-21)22(29)24-15-17-10-12-23-13-11-17/h6-14H,4-5,15H2,1-3H3,(H,24,29)(H,25,26,27). The van der Waals surface area contributed by atoms with E-state index in [4.69, 9.17) is 0 Å². The van der Waals surface area contributed by atoms with Crippen LogP contribution in [0.2, 0.25) is 0 Å². The molecule has 0 bridgehead atoms. The van der Waals surface area contributed by atoms with Crippen molar-refractivity contribution in [1.29, 1.82) is 0 Å². The van der Waals surface area contributed by atoms with E-state index in [0.29, 0.717) is 23.9 Å². The number of nitrogens with zero attached hydrogens (tertiary/aromatic N) is 4. The third-order valence-electron chi connectivity index (χ3n) is 4.54. The number of carbonyl (C=O) groups excluding carboxylic acids is 1. The van der Waals surface area contributed by atoms with Crippen molar-refractivity contribution < 1.29 is 4.79 Å². The van der Waals surface area contributed by atoms with Gasteiger partial charge in [-0.05, 0) is 62.7 Å². The van der Waals surface area contributed by atoms with Gasteiger partial charge in [0.15, 0.2) is 0 Å². The third-order valence-corrected chi connectivity index (χ3v) is 4.54. The molecule has 0 atom stereocenters. The zero-order chi connectivity index (χ0) is 20.6. The number of aryl methyl sites for hydroxylation is 1. The Morgan fingerprint density at radius 2 is 1.69 bits per heavy atom. The first-order valence-electron chi connectivity index (χ1n) is 9.74. The highest BCUT2D eigenvalue weighted by Crippen LogP contribution is 2.20. The Hall–Kier alpha value is -3.48. The van der Waals surface area contributed by atoms with Crippen molar-refractivity contribution in [2.75, 3.05) is 23.3 Å². The molecule has 29 heavy (non-hydrogen) atoms. The number of amides is 1. The lowest BCUT2D eigenvalue weighted by Gasteiger charge is -2.21. The van der Waals surface area contributed by atoms with Crippen LogP contribution in [-0.4, -0.2) is 33.9 Å². The molecule has 2 heterocycles. The molecule has 0 spiro atoms. The van der Waals surface area contributed by atoms with Gasteiger partial charge in [0.2, 0.25) is 0 Å². The molecule has 0 aliphatic heterocycles. The van der Waals surface area contributed by atoms with Crippen LogP contribution in [-0.2, 0) is 6.54 Å². The van der Waals surface area contributed by atoms with Gasteiger partial charge in [0.1, 0.15) is 17.3 Å². The van der Waals surface area contributed by atoms with Crippen LogP contribution in [0.4, 0.5) is 17.2 Å². The molecule has 0 aliphatic carbocycles. The highest BCUT2D eigenvalue weighted by molar-refractivity contribution is 5.93. The fourth-order valence-electron chi connectivity index (χ4n) is 3.01. The normalized spacial score (nSPS) is 10.4. The van der Waals surface area contributed by atoms with Gasteiger partial charge < -0.3 is 15.5 Å². The fraction of sp³-hybridized carbons (Fsp3) is 0.273. The van der Waals surface area contributed by atoms with Crippen LogP contribution in [0.5, 0.6) is 0 Å². The molecule has 3 rings (SSSR count). The average molecular weight is 390 g/mol. The summed E-state index contributed by atoms with van der Waals surface area (Å²) in [4.78, 5) is 27.4. The van der Waals surface area contributed by atoms with Crippen molar-refractivity contribution in [3.8, 4) is 0 Å². The van der Waals surface area contributed by atoms with Crippen LogP contribution in [0, 0.1) is 6.92 Å². The van der Waals surface area contributed by atoms with E-state index in [1.54, 1.807) is 25.4 Å². The number of anilines is 3. The highest BCUT2D eigenvalue weighted by Gasteiger charge is 2.11. The Balaban J connectivity index is 1.69. The lowest BCUT2D eigenvalue weighted by atomic mass is 10.2. The predicted octanol–water partition coefficient (Wildman–Crippen LogP) is 3.70. The van der Waals surface area contributed by atoms with E-state index in [0.717, 1.165) is 24.3 Å². The number of carbonyl (C=O) groups is 1. The summed E-state index contributed by atoms with van der Waals surface area (Å²) in [5.74, 6) is 0.873. The molecule has 0 fully saturated rings. The SMILES string of the molecule is CCN(CC)c1ccc(Nc2cc(C(=O)NCc3ccncc3)nc(C)n2)cc1.